The van der Waals surface area contributed by atoms with E-state index in [2.05, 4.69) is 5.32 Å². The van der Waals surface area contributed by atoms with Gasteiger partial charge in [-0.15, -0.1) is 0 Å². The third-order valence-corrected chi connectivity index (χ3v) is 5.58. The van der Waals surface area contributed by atoms with Crippen LogP contribution in [-0.2, 0) is 32.1 Å². The number of esters is 1. The number of benzene rings is 2. The van der Waals surface area contributed by atoms with Crippen molar-refractivity contribution in [3.8, 4) is 0 Å². The molecule has 34 heavy (non-hydrogen) atoms. The highest BCUT2D eigenvalue weighted by Crippen LogP contribution is 2.22. The molecule has 1 fully saturated rings. The maximum absolute atomic E-state index is 13.6. The number of nitrogens with one attached hydrogen (secondary N) is 1. The second-order valence-corrected chi connectivity index (χ2v) is 9.67. The number of hydrogen-bond donors (Lipinski definition) is 1. The normalized spacial score (nSPS) is 16.6. The lowest BCUT2D eigenvalue weighted by Crippen LogP contribution is -2.53. The summed E-state index contributed by atoms with van der Waals surface area (Å²) in [5.41, 5.74) is 2.20. The number of nitrogens with zero attached hydrogens (tertiary/aromatic N) is 1. The van der Waals surface area contributed by atoms with E-state index in [1.54, 1.807) is 20.8 Å². The molecule has 3 rings (SSSR count). The van der Waals surface area contributed by atoms with E-state index in [1.165, 1.54) is 4.90 Å². The summed E-state index contributed by atoms with van der Waals surface area (Å²) >= 11 is 0. The first-order valence-corrected chi connectivity index (χ1v) is 11.7. The Kier molecular flexibility index (Phi) is 8.31. The Balaban J connectivity index is 1.72. The van der Waals surface area contributed by atoms with Gasteiger partial charge in [-0.25, -0.2) is 9.59 Å². The molecular weight excluding hydrogens is 432 g/mol. The fourth-order valence-electron chi connectivity index (χ4n) is 3.91. The topological polar surface area (TPSA) is 84.9 Å². The van der Waals surface area contributed by atoms with Crippen LogP contribution in [0.5, 0.6) is 0 Å². The van der Waals surface area contributed by atoms with E-state index >= 15 is 0 Å². The van der Waals surface area contributed by atoms with Crippen LogP contribution in [0.2, 0.25) is 0 Å². The summed E-state index contributed by atoms with van der Waals surface area (Å²) in [6.45, 7) is 7.88. The number of carbonyl (C=O) groups excluding carboxylic acids is 3. The summed E-state index contributed by atoms with van der Waals surface area (Å²) in [5.74, 6) is -0.744. The summed E-state index contributed by atoms with van der Waals surface area (Å²) in [6, 6.07) is 15.7. The molecule has 0 unspecified atom stereocenters. The van der Waals surface area contributed by atoms with Gasteiger partial charge in [-0.2, -0.15) is 0 Å². The van der Waals surface area contributed by atoms with E-state index in [0.29, 0.717) is 25.8 Å². The smallest absolute Gasteiger partial charge is 0.408 e. The van der Waals surface area contributed by atoms with Crippen LogP contribution in [0.3, 0.4) is 0 Å². The molecule has 0 saturated carbocycles. The van der Waals surface area contributed by atoms with Crippen molar-refractivity contribution in [1.29, 1.82) is 0 Å². The fraction of sp³-hybridized carbons (Fsp3) is 0.444. The number of ether oxygens (including phenoxy) is 2. The van der Waals surface area contributed by atoms with Gasteiger partial charge in [-0.05, 0) is 51.7 Å². The summed E-state index contributed by atoms with van der Waals surface area (Å²) in [4.78, 5) is 40.4. The van der Waals surface area contributed by atoms with E-state index < -0.39 is 29.7 Å². The minimum Gasteiger partial charge on any atom is -0.459 e. The number of amides is 2. The van der Waals surface area contributed by atoms with Gasteiger partial charge in [0.2, 0.25) is 5.91 Å². The van der Waals surface area contributed by atoms with Gasteiger partial charge in [0.15, 0.2) is 0 Å². The van der Waals surface area contributed by atoms with Crippen LogP contribution >= 0.6 is 0 Å². The van der Waals surface area contributed by atoms with Gasteiger partial charge in [0.05, 0.1) is 0 Å². The number of aryl methyl sites for hydroxylation is 1. The molecular formula is C27H34N2O5. The fourth-order valence-corrected chi connectivity index (χ4v) is 3.91. The molecule has 2 aromatic carbocycles. The van der Waals surface area contributed by atoms with Crippen molar-refractivity contribution >= 4 is 18.0 Å². The average Bonchev–Trinajstić information content (AvgIpc) is 3.27. The van der Waals surface area contributed by atoms with Crippen molar-refractivity contribution in [2.75, 3.05) is 6.54 Å². The molecule has 7 nitrogen and oxygen atoms in total. The van der Waals surface area contributed by atoms with Crippen LogP contribution in [0.25, 0.3) is 0 Å². The molecule has 0 bridgehead atoms. The first-order chi connectivity index (χ1) is 16.1. The maximum atomic E-state index is 13.6. The number of rotatable bonds is 7. The van der Waals surface area contributed by atoms with Crippen LogP contribution in [0.15, 0.2) is 54.6 Å². The van der Waals surface area contributed by atoms with Gasteiger partial charge in [0.25, 0.3) is 0 Å². The Bertz CT molecular complexity index is 982. The molecule has 0 radical (unpaired) electrons. The maximum Gasteiger partial charge on any atom is 0.408 e. The molecule has 2 amide bonds. The van der Waals surface area contributed by atoms with E-state index in [4.69, 9.17) is 9.47 Å². The Morgan fingerprint density at radius 1 is 1.03 bits per heavy atom. The van der Waals surface area contributed by atoms with Crippen LogP contribution in [-0.4, -0.2) is 47.1 Å². The molecule has 2 aromatic rings. The molecule has 7 heteroatoms. The standard InChI is InChI=1S/C27H34N2O5/c1-19-12-14-20(15-13-19)17-22(28-26(32)34-27(2,3)4)24(30)29-16-8-11-23(29)25(31)33-18-21-9-6-5-7-10-21/h5-7,9-10,12-15,22-23H,8,11,16-18H2,1-4H3,(H,28,32)/t22-,23+/m0/s1. The van der Waals surface area contributed by atoms with Crippen LogP contribution in [0.1, 0.15) is 50.3 Å². The minimum atomic E-state index is -0.861. The van der Waals surface area contributed by atoms with Gasteiger partial charge in [-0.1, -0.05) is 60.2 Å². The average molecular weight is 467 g/mol. The van der Waals surface area contributed by atoms with Crippen molar-refractivity contribution in [3.63, 3.8) is 0 Å². The van der Waals surface area contributed by atoms with Crippen molar-refractivity contribution in [1.82, 2.24) is 10.2 Å². The molecule has 1 N–H and O–H groups in total. The zero-order valence-corrected chi connectivity index (χ0v) is 20.4. The second-order valence-electron chi connectivity index (χ2n) is 9.67. The van der Waals surface area contributed by atoms with Crippen LogP contribution in [0.4, 0.5) is 4.79 Å². The summed E-state index contributed by atoms with van der Waals surface area (Å²) < 4.78 is 10.9. The Morgan fingerprint density at radius 3 is 2.35 bits per heavy atom. The van der Waals surface area contributed by atoms with Gasteiger partial charge in [0.1, 0.15) is 24.3 Å². The number of carbonyl (C=O) groups is 3. The lowest BCUT2D eigenvalue weighted by Gasteiger charge is -2.29. The molecule has 2 atom stereocenters. The number of alkyl carbamates (subject to hydrolysis) is 1. The Labute approximate surface area is 201 Å². The monoisotopic (exact) mass is 466 g/mol. The third-order valence-electron chi connectivity index (χ3n) is 5.58. The lowest BCUT2D eigenvalue weighted by molar-refractivity contribution is -0.155. The molecule has 1 aliphatic heterocycles. The highest BCUT2D eigenvalue weighted by Gasteiger charge is 2.39. The van der Waals surface area contributed by atoms with Crippen molar-refractivity contribution in [2.24, 2.45) is 0 Å². The van der Waals surface area contributed by atoms with Gasteiger partial charge in [0, 0.05) is 13.0 Å². The van der Waals surface area contributed by atoms with Gasteiger partial charge in [-0.3, -0.25) is 4.79 Å². The molecule has 182 valence electrons. The molecule has 0 aliphatic carbocycles. The predicted molar refractivity (Wildman–Crippen MR) is 129 cm³/mol. The van der Waals surface area contributed by atoms with Crippen molar-refractivity contribution < 1.29 is 23.9 Å². The minimum absolute atomic E-state index is 0.154. The highest BCUT2D eigenvalue weighted by atomic mass is 16.6. The van der Waals surface area contributed by atoms with Crippen LogP contribution in [0, 0.1) is 6.92 Å². The Hall–Kier alpha value is -3.35. The lowest BCUT2D eigenvalue weighted by atomic mass is 10.0. The predicted octanol–water partition coefficient (Wildman–Crippen LogP) is 4.17. The Morgan fingerprint density at radius 2 is 1.71 bits per heavy atom. The number of hydrogen-bond acceptors (Lipinski definition) is 5. The summed E-state index contributed by atoms with van der Waals surface area (Å²) in [7, 11) is 0. The third kappa shape index (κ3) is 7.33. The van der Waals surface area contributed by atoms with E-state index in [1.807, 2.05) is 61.5 Å². The SMILES string of the molecule is Cc1ccc(C[C@H](NC(=O)OC(C)(C)C)C(=O)N2CCC[C@@H]2C(=O)OCc2ccccc2)cc1. The quantitative estimate of drug-likeness (QED) is 0.619. The molecule has 0 aromatic heterocycles. The first-order valence-electron chi connectivity index (χ1n) is 11.7. The van der Waals surface area contributed by atoms with Crippen molar-refractivity contribution in [3.05, 3.63) is 71.3 Å². The van der Waals surface area contributed by atoms with Crippen molar-refractivity contribution in [2.45, 2.75) is 71.2 Å². The molecule has 1 heterocycles. The molecule has 0 spiro atoms. The van der Waals surface area contributed by atoms with E-state index in [9.17, 15) is 14.4 Å². The summed E-state index contributed by atoms with van der Waals surface area (Å²) in [5, 5.41) is 2.73. The molecule has 1 aliphatic rings. The zero-order valence-electron chi connectivity index (χ0n) is 20.4. The number of likely N-dealkylation sites (tertiary alicyclic amines) is 1. The van der Waals surface area contributed by atoms with E-state index in [0.717, 1.165) is 16.7 Å². The van der Waals surface area contributed by atoms with Gasteiger partial charge < -0.3 is 19.7 Å². The van der Waals surface area contributed by atoms with Crippen LogP contribution < -0.4 is 5.32 Å². The van der Waals surface area contributed by atoms with E-state index in [-0.39, 0.29) is 12.5 Å². The highest BCUT2D eigenvalue weighted by molar-refractivity contribution is 5.90. The first kappa shape index (κ1) is 25.3. The zero-order chi connectivity index (χ0) is 24.7. The molecule has 1 saturated heterocycles. The summed E-state index contributed by atoms with van der Waals surface area (Å²) in [6.07, 6.45) is 0.852. The second kappa shape index (κ2) is 11.2. The van der Waals surface area contributed by atoms with Gasteiger partial charge >= 0.3 is 12.1 Å². The largest absolute Gasteiger partial charge is 0.459 e.